The van der Waals surface area contributed by atoms with E-state index in [0.29, 0.717) is 12.3 Å². The standard InChI is InChI=1S/C19H19NO/c1-20(2)18(21)12-19-11-15(13-7-3-5-9-16(13)19)14-8-4-6-10-17(14)19/h3-10,15H,11-12H2,1-2H3. The molecule has 0 saturated heterocycles. The van der Waals surface area contributed by atoms with E-state index in [0.717, 1.165) is 6.42 Å². The van der Waals surface area contributed by atoms with Gasteiger partial charge in [-0.25, -0.2) is 0 Å². The Hall–Kier alpha value is -2.09. The lowest BCUT2D eigenvalue weighted by Crippen LogP contribution is -2.33. The van der Waals surface area contributed by atoms with Crippen molar-refractivity contribution in [2.24, 2.45) is 0 Å². The summed E-state index contributed by atoms with van der Waals surface area (Å²) in [6.07, 6.45) is 1.62. The molecule has 2 aromatic carbocycles. The number of nitrogens with zero attached hydrogens (tertiary/aromatic N) is 1. The molecule has 4 rings (SSSR count). The molecule has 0 spiro atoms. The van der Waals surface area contributed by atoms with Crippen molar-refractivity contribution < 1.29 is 4.79 Å². The molecule has 0 saturated carbocycles. The van der Waals surface area contributed by atoms with Gasteiger partial charge in [-0.3, -0.25) is 4.79 Å². The first-order chi connectivity index (χ1) is 10.1. The normalized spacial score (nSPS) is 24.6. The fourth-order valence-electron chi connectivity index (χ4n) is 4.25. The molecule has 0 N–H and O–H groups in total. The van der Waals surface area contributed by atoms with Gasteiger partial charge in [0.2, 0.25) is 5.91 Å². The van der Waals surface area contributed by atoms with Crippen LogP contribution >= 0.6 is 0 Å². The quantitative estimate of drug-likeness (QED) is 0.825. The highest BCUT2D eigenvalue weighted by Gasteiger charge is 2.53. The number of benzene rings is 2. The lowest BCUT2D eigenvalue weighted by Gasteiger charge is -2.31. The van der Waals surface area contributed by atoms with Crippen LogP contribution in [0.25, 0.3) is 0 Å². The molecule has 0 aromatic heterocycles. The van der Waals surface area contributed by atoms with E-state index in [1.54, 1.807) is 4.90 Å². The zero-order valence-corrected chi connectivity index (χ0v) is 12.5. The average Bonchev–Trinajstić information content (AvgIpc) is 3.00. The van der Waals surface area contributed by atoms with Gasteiger partial charge in [0, 0.05) is 31.8 Å². The van der Waals surface area contributed by atoms with Crippen LogP contribution in [0.3, 0.4) is 0 Å². The fourth-order valence-corrected chi connectivity index (χ4v) is 4.25. The van der Waals surface area contributed by atoms with Gasteiger partial charge >= 0.3 is 0 Å². The second-order valence-corrected chi connectivity index (χ2v) is 6.48. The summed E-state index contributed by atoms with van der Waals surface area (Å²) in [5, 5.41) is 0. The van der Waals surface area contributed by atoms with Crippen LogP contribution in [-0.4, -0.2) is 24.9 Å². The van der Waals surface area contributed by atoms with Gasteiger partial charge in [-0.2, -0.15) is 0 Å². The molecule has 2 bridgehead atoms. The summed E-state index contributed by atoms with van der Waals surface area (Å²) in [7, 11) is 3.69. The van der Waals surface area contributed by atoms with E-state index in [4.69, 9.17) is 0 Å². The average molecular weight is 277 g/mol. The molecular formula is C19H19NO. The Bertz CT molecular complexity index is 684. The smallest absolute Gasteiger partial charge is 0.223 e. The van der Waals surface area contributed by atoms with Crippen LogP contribution in [-0.2, 0) is 10.2 Å². The molecule has 21 heavy (non-hydrogen) atoms. The Morgan fingerprint density at radius 1 is 1.05 bits per heavy atom. The van der Waals surface area contributed by atoms with Gasteiger partial charge in [0.15, 0.2) is 0 Å². The van der Waals surface area contributed by atoms with Crippen LogP contribution < -0.4 is 0 Å². The van der Waals surface area contributed by atoms with Crippen LogP contribution in [0.2, 0.25) is 0 Å². The summed E-state index contributed by atoms with van der Waals surface area (Å²) in [6.45, 7) is 0. The summed E-state index contributed by atoms with van der Waals surface area (Å²) in [5.41, 5.74) is 5.46. The summed E-state index contributed by atoms with van der Waals surface area (Å²) in [5.74, 6) is 0.675. The van der Waals surface area contributed by atoms with E-state index in [2.05, 4.69) is 48.5 Å². The van der Waals surface area contributed by atoms with E-state index >= 15 is 0 Å². The SMILES string of the molecule is CN(C)C(=O)CC12CC(c3ccccc31)c1ccccc12. The zero-order chi connectivity index (χ0) is 14.6. The molecule has 0 aliphatic heterocycles. The summed E-state index contributed by atoms with van der Waals surface area (Å²) >= 11 is 0. The minimum atomic E-state index is -0.112. The predicted octanol–water partition coefficient (Wildman–Crippen LogP) is 3.30. The van der Waals surface area contributed by atoms with E-state index in [1.165, 1.54) is 22.3 Å². The molecule has 0 unspecified atom stereocenters. The molecular weight excluding hydrogens is 258 g/mol. The molecule has 1 amide bonds. The van der Waals surface area contributed by atoms with Crippen LogP contribution in [0.15, 0.2) is 48.5 Å². The van der Waals surface area contributed by atoms with Crippen LogP contribution in [0, 0.1) is 0 Å². The van der Waals surface area contributed by atoms with E-state index < -0.39 is 0 Å². The van der Waals surface area contributed by atoms with E-state index in [-0.39, 0.29) is 11.3 Å². The van der Waals surface area contributed by atoms with Gasteiger partial charge in [-0.05, 0) is 28.7 Å². The topological polar surface area (TPSA) is 20.3 Å². The van der Waals surface area contributed by atoms with Crippen LogP contribution in [0.1, 0.15) is 41.0 Å². The van der Waals surface area contributed by atoms with Crippen molar-refractivity contribution in [3.63, 3.8) is 0 Å². The lowest BCUT2D eigenvalue weighted by molar-refractivity contribution is -0.129. The molecule has 2 aromatic rings. The van der Waals surface area contributed by atoms with Crippen molar-refractivity contribution in [1.29, 1.82) is 0 Å². The maximum Gasteiger partial charge on any atom is 0.223 e. The molecule has 0 fully saturated rings. The number of carbonyl (C=O) groups is 1. The van der Waals surface area contributed by atoms with Gasteiger partial charge in [-0.15, -0.1) is 0 Å². The minimum Gasteiger partial charge on any atom is -0.349 e. The van der Waals surface area contributed by atoms with Crippen molar-refractivity contribution >= 4 is 5.91 Å². The van der Waals surface area contributed by atoms with E-state index in [9.17, 15) is 4.79 Å². The third kappa shape index (κ3) is 1.56. The molecule has 0 heterocycles. The number of carbonyl (C=O) groups excluding carboxylic acids is 1. The highest BCUT2D eigenvalue weighted by molar-refractivity contribution is 5.80. The van der Waals surface area contributed by atoms with Gasteiger partial charge in [0.1, 0.15) is 0 Å². The van der Waals surface area contributed by atoms with Crippen LogP contribution in [0.4, 0.5) is 0 Å². The molecule has 2 aliphatic carbocycles. The maximum atomic E-state index is 12.4. The largest absolute Gasteiger partial charge is 0.349 e. The van der Waals surface area contributed by atoms with Gasteiger partial charge < -0.3 is 4.90 Å². The second kappa shape index (κ2) is 4.20. The first-order valence-corrected chi connectivity index (χ1v) is 7.52. The van der Waals surface area contributed by atoms with Gasteiger partial charge in [0.25, 0.3) is 0 Å². The van der Waals surface area contributed by atoms with Gasteiger partial charge in [0.05, 0.1) is 0 Å². The molecule has 2 nitrogen and oxygen atoms in total. The Morgan fingerprint density at radius 3 is 2.10 bits per heavy atom. The number of rotatable bonds is 2. The maximum absolute atomic E-state index is 12.4. The Labute approximate surface area is 125 Å². The Kier molecular flexibility index (Phi) is 2.53. The minimum absolute atomic E-state index is 0.112. The third-order valence-electron chi connectivity index (χ3n) is 5.21. The number of amides is 1. The van der Waals surface area contributed by atoms with Crippen molar-refractivity contribution in [3.8, 4) is 0 Å². The first kappa shape index (κ1) is 12.6. The highest BCUT2D eigenvalue weighted by atomic mass is 16.2. The van der Waals surface area contributed by atoms with Crippen LogP contribution in [0.5, 0.6) is 0 Å². The zero-order valence-electron chi connectivity index (χ0n) is 12.5. The molecule has 2 heteroatoms. The lowest BCUT2D eigenvalue weighted by atomic mass is 9.73. The summed E-state index contributed by atoms with van der Waals surface area (Å²) in [6, 6.07) is 17.3. The molecule has 0 atom stereocenters. The van der Waals surface area contributed by atoms with E-state index in [1.807, 2.05) is 14.1 Å². The third-order valence-corrected chi connectivity index (χ3v) is 5.21. The molecule has 0 radical (unpaired) electrons. The number of hydrogen-bond acceptors (Lipinski definition) is 1. The Balaban J connectivity index is 1.92. The number of hydrogen-bond donors (Lipinski definition) is 0. The Morgan fingerprint density at radius 2 is 1.57 bits per heavy atom. The fraction of sp³-hybridized carbons (Fsp3) is 0.316. The van der Waals surface area contributed by atoms with Crippen molar-refractivity contribution in [2.75, 3.05) is 14.1 Å². The van der Waals surface area contributed by atoms with Gasteiger partial charge in [-0.1, -0.05) is 48.5 Å². The number of fused-ring (bicyclic) bond motifs is 8. The van der Waals surface area contributed by atoms with Crippen molar-refractivity contribution in [1.82, 2.24) is 4.90 Å². The van der Waals surface area contributed by atoms with Crippen molar-refractivity contribution in [2.45, 2.75) is 24.2 Å². The monoisotopic (exact) mass is 277 g/mol. The summed E-state index contributed by atoms with van der Waals surface area (Å²) < 4.78 is 0. The predicted molar refractivity (Wildman–Crippen MR) is 83.4 cm³/mol. The summed E-state index contributed by atoms with van der Waals surface area (Å²) in [4.78, 5) is 14.1. The highest BCUT2D eigenvalue weighted by Crippen LogP contribution is 2.61. The van der Waals surface area contributed by atoms with Crippen molar-refractivity contribution in [3.05, 3.63) is 70.8 Å². The second-order valence-electron chi connectivity index (χ2n) is 6.48. The first-order valence-electron chi connectivity index (χ1n) is 7.52. The molecule has 106 valence electrons. The molecule has 2 aliphatic rings.